The molecule has 1 aromatic carbocycles. The zero-order valence-corrected chi connectivity index (χ0v) is 17.7. The zero-order chi connectivity index (χ0) is 21.4. The molecule has 2 aromatic rings. The highest BCUT2D eigenvalue weighted by Crippen LogP contribution is 2.45. The van der Waals surface area contributed by atoms with Crippen molar-refractivity contribution in [2.75, 3.05) is 19.8 Å². The lowest BCUT2D eigenvalue weighted by Crippen LogP contribution is -2.42. The molecule has 0 saturated heterocycles. The summed E-state index contributed by atoms with van der Waals surface area (Å²) in [5, 5.41) is 17.1. The Morgan fingerprint density at radius 3 is 3.10 bits per heavy atom. The molecule has 1 N–H and O–H groups in total. The van der Waals surface area contributed by atoms with Gasteiger partial charge in [-0.3, -0.25) is 4.79 Å². The number of hydrogen-bond donors (Lipinski definition) is 1. The van der Waals surface area contributed by atoms with Gasteiger partial charge in [-0.1, -0.05) is 11.6 Å². The van der Waals surface area contributed by atoms with E-state index in [9.17, 15) is 4.79 Å². The molecule has 2 aliphatic heterocycles. The van der Waals surface area contributed by atoms with Gasteiger partial charge in [0.05, 0.1) is 30.7 Å². The highest BCUT2D eigenvalue weighted by atomic mass is 35.5. The third kappa shape index (κ3) is 4.34. The number of fused-ring (bicyclic) bond motifs is 2. The van der Waals surface area contributed by atoms with Crippen LogP contribution in [0.4, 0.5) is 0 Å². The van der Waals surface area contributed by atoms with Crippen molar-refractivity contribution < 1.29 is 19.0 Å². The van der Waals surface area contributed by atoms with Crippen LogP contribution in [0, 0.1) is 16.7 Å². The van der Waals surface area contributed by atoms with Gasteiger partial charge in [0.2, 0.25) is 5.88 Å². The summed E-state index contributed by atoms with van der Waals surface area (Å²) in [6.07, 6.45) is 3.09. The predicted molar refractivity (Wildman–Crippen MR) is 111 cm³/mol. The summed E-state index contributed by atoms with van der Waals surface area (Å²) in [6.45, 7) is 1.93. The first-order chi connectivity index (χ1) is 15.0. The van der Waals surface area contributed by atoms with Crippen LogP contribution < -0.4 is 14.8 Å². The molecule has 5 rings (SSSR count). The molecule has 8 nitrogen and oxygen atoms in total. The van der Waals surface area contributed by atoms with Crippen molar-refractivity contribution in [3.05, 3.63) is 40.5 Å². The number of amides is 1. The molecule has 0 unspecified atom stereocenters. The van der Waals surface area contributed by atoms with Gasteiger partial charge in [-0.2, -0.15) is 10.4 Å². The quantitative estimate of drug-likeness (QED) is 0.738. The monoisotopic (exact) mass is 442 g/mol. The van der Waals surface area contributed by atoms with Crippen LogP contribution in [0.1, 0.15) is 35.3 Å². The number of benzene rings is 1. The molecular formula is C22H23ClN4O4. The molecule has 3 heterocycles. The van der Waals surface area contributed by atoms with E-state index in [0.29, 0.717) is 49.4 Å². The zero-order valence-electron chi connectivity index (χ0n) is 17.0. The van der Waals surface area contributed by atoms with Crippen LogP contribution >= 0.6 is 11.6 Å². The molecule has 3 aliphatic rings. The minimum absolute atomic E-state index is 0.109. The molecule has 0 radical (unpaired) electrons. The van der Waals surface area contributed by atoms with Gasteiger partial charge in [-0.05, 0) is 43.0 Å². The van der Waals surface area contributed by atoms with E-state index in [-0.39, 0.29) is 23.5 Å². The maximum Gasteiger partial charge on any atom is 0.272 e. The second-order valence-corrected chi connectivity index (χ2v) is 8.90. The number of ether oxygens (including phenoxy) is 3. The standard InChI is InChI=1S/C22H23ClN4O4/c23-15-1-2-19-14(7-15)8-16(10-30-19)25-21(28)18-9-20-27(26-18)6-3-17(31-20)11-29-13-22(12-24)4-5-22/h1-2,7,9,16-17H,3-6,8,10-11,13H2,(H,25,28)/t16-,17+/m1/s1. The Morgan fingerprint density at radius 2 is 2.29 bits per heavy atom. The van der Waals surface area contributed by atoms with Gasteiger partial charge in [-0.15, -0.1) is 0 Å². The van der Waals surface area contributed by atoms with Crippen molar-refractivity contribution in [3.63, 3.8) is 0 Å². The second-order valence-electron chi connectivity index (χ2n) is 8.46. The number of nitriles is 1. The number of nitrogens with one attached hydrogen (secondary N) is 1. The van der Waals surface area contributed by atoms with Crippen LogP contribution in [0.2, 0.25) is 5.02 Å². The van der Waals surface area contributed by atoms with Crippen molar-refractivity contribution in [2.24, 2.45) is 5.41 Å². The molecule has 31 heavy (non-hydrogen) atoms. The Bertz CT molecular complexity index is 1040. The van der Waals surface area contributed by atoms with Gasteiger partial charge in [0.1, 0.15) is 18.5 Å². The molecule has 9 heteroatoms. The predicted octanol–water partition coefficient (Wildman–Crippen LogP) is 2.74. The molecule has 0 bridgehead atoms. The first-order valence-electron chi connectivity index (χ1n) is 10.5. The molecule has 162 valence electrons. The molecule has 1 aliphatic carbocycles. The molecule has 1 aromatic heterocycles. The fourth-order valence-electron chi connectivity index (χ4n) is 3.92. The fraction of sp³-hybridized carbons (Fsp3) is 0.500. The normalized spacial score (nSPS) is 22.8. The van der Waals surface area contributed by atoms with E-state index in [4.69, 9.17) is 31.1 Å². The number of halogens is 1. The maximum absolute atomic E-state index is 12.7. The van der Waals surface area contributed by atoms with E-state index in [2.05, 4.69) is 16.5 Å². The summed E-state index contributed by atoms with van der Waals surface area (Å²) in [4.78, 5) is 12.7. The molecule has 1 amide bonds. The van der Waals surface area contributed by atoms with Crippen molar-refractivity contribution in [3.8, 4) is 17.7 Å². The lowest BCUT2D eigenvalue weighted by molar-refractivity contribution is 0.0153. The van der Waals surface area contributed by atoms with E-state index >= 15 is 0 Å². The molecular weight excluding hydrogens is 420 g/mol. The first kappa shape index (κ1) is 20.2. The summed E-state index contributed by atoms with van der Waals surface area (Å²) in [5.41, 5.74) is 1.01. The number of nitrogens with zero attached hydrogens (tertiary/aromatic N) is 3. The highest BCUT2D eigenvalue weighted by molar-refractivity contribution is 6.30. The molecule has 0 spiro atoms. The molecule has 1 fully saturated rings. The van der Waals surface area contributed by atoms with Crippen LogP contribution in [-0.2, 0) is 17.7 Å². The first-order valence-corrected chi connectivity index (χ1v) is 10.9. The van der Waals surface area contributed by atoms with E-state index in [1.807, 2.05) is 12.1 Å². The minimum Gasteiger partial charge on any atom is -0.491 e. The molecule has 1 saturated carbocycles. The van der Waals surface area contributed by atoms with Gasteiger partial charge >= 0.3 is 0 Å². The van der Waals surface area contributed by atoms with Gasteiger partial charge in [0.15, 0.2) is 5.69 Å². The number of carbonyl (C=O) groups is 1. The van der Waals surface area contributed by atoms with Crippen LogP contribution in [0.3, 0.4) is 0 Å². The van der Waals surface area contributed by atoms with E-state index < -0.39 is 0 Å². The van der Waals surface area contributed by atoms with E-state index in [1.54, 1.807) is 16.8 Å². The summed E-state index contributed by atoms with van der Waals surface area (Å²) < 4.78 is 19.1. The van der Waals surface area contributed by atoms with Gasteiger partial charge in [0, 0.05) is 24.1 Å². The van der Waals surface area contributed by atoms with Gasteiger partial charge in [-0.25, -0.2) is 4.68 Å². The number of carbonyl (C=O) groups excluding carboxylic acids is 1. The van der Waals surface area contributed by atoms with E-state index in [0.717, 1.165) is 30.6 Å². The summed E-state index contributed by atoms with van der Waals surface area (Å²) in [5.74, 6) is 1.10. The second kappa shape index (κ2) is 8.06. The van der Waals surface area contributed by atoms with Crippen LogP contribution in [0.15, 0.2) is 24.3 Å². The smallest absolute Gasteiger partial charge is 0.272 e. The number of aromatic nitrogens is 2. The SMILES string of the molecule is N#CC1(COC[C@@H]2CCn3nc(C(=O)N[C@H]4COc5ccc(Cl)cc5C4)cc3O2)CC1. The third-order valence-corrected chi connectivity index (χ3v) is 6.20. The van der Waals surface area contributed by atoms with Crippen LogP contribution in [-0.4, -0.2) is 47.7 Å². The Morgan fingerprint density at radius 1 is 1.42 bits per heavy atom. The van der Waals surface area contributed by atoms with Gasteiger partial charge < -0.3 is 19.5 Å². The molecule has 2 atom stereocenters. The lowest BCUT2D eigenvalue weighted by Gasteiger charge is -2.26. The highest BCUT2D eigenvalue weighted by Gasteiger charge is 2.43. The summed E-state index contributed by atoms with van der Waals surface area (Å²) in [7, 11) is 0. The summed E-state index contributed by atoms with van der Waals surface area (Å²) in [6, 6.07) is 9.33. The van der Waals surface area contributed by atoms with Crippen molar-refractivity contribution >= 4 is 17.5 Å². The number of rotatable bonds is 6. The Balaban J connectivity index is 1.16. The van der Waals surface area contributed by atoms with Gasteiger partial charge in [0.25, 0.3) is 5.91 Å². The van der Waals surface area contributed by atoms with Crippen LogP contribution in [0.25, 0.3) is 0 Å². The average molecular weight is 443 g/mol. The fourth-order valence-corrected chi connectivity index (χ4v) is 4.11. The van der Waals surface area contributed by atoms with Crippen molar-refractivity contribution in [2.45, 2.75) is 44.4 Å². The van der Waals surface area contributed by atoms with E-state index in [1.165, 1.54) is 0 Å². The Labute approximate surface area is 185 Å². The largest absolute Gasteiger partial charge is 0.491 e. The number of aryl methyl sites for hydroxylation is 1. The van der Waals surface area contributed by atoms with Crippen molar-refractivity contribution in [1.82, 2.24) is 15.1 Å². The number of hydrogen-bond acceptors (Lipinski definition) is 6. The van der Waals surface area contributed by atoms with Crippen molar-refractivity contribution in [1.29, 1.82) is 5.26 Å². The summed E-state index contributed by atoms with van der Waals surface area (Å²) >= 11 is 6.07. The average Bonchev–Trinajstić information content (AvgIpc) is 3.42. The Hall–Kier alpha value is -2.76. The maximum atomic E-state index is 12.7. The topological polar surface area (TPSA) is 98.4 Å². The Kier molecular flexibility index (Phi) is 5.24. The minimum atomic E-state index is -0.281. The van der Waals surface area contributed by atoms with Crippen LogP contribution in [0.5, 0.6) is 11.6 Å². The third-order valence-electron chi connectivity index (χ3n) is 5.96. The lowest BCUT2D eigenvalue weighted by atomic mass is 10.0.